The first kappa shape index (κ1) is 12.8. The van der Waals surface area contributed by atoms with Crippen LogP contribution in [0.15, 0.2) is 0 Å². The van der Waals surface area contributed by atoms with Crippen molar-refractivity contribution in [3.63, 3.8) is 0 Å². The third-order valence-corrected chi connectivity index (χ3v) is 7.93. The van der Waals surface area contributed by atoms with E-state index in [4.69, 9.17) is 5.11 Å². The fourth-order valence-electron chi connectivity index (χ4n) is 1.17. The second-order valence-corrected chi connectivity index (χ2v) is 9.49. The van der Waals surface area contributed by atoms with Crippen molar-refractivity contribution in [3.05, 3.63) is 0 Å². The zero-order valence-corrected chi connectivity index (χ0v) is 10.7. The Hall–Kier alpha value is -0.172. The van der Waals surface area contributed by atoms with E-state index in [0.717, 1.165) is 6.42 Å². The second kappa shape index (κ2) is 7.25. The summed E-state index contributed by atoms with van der Waals surface area (Å²) < 4.78 is 0. The summed E-state index contributed by atoms with van der Waals surface area (Å²) in [6.07, 6.45) is 0.233. The van der Waals surface area contributed by atoms with Crippen molar-refractivity contribution in [2.75, 3.05) is 13.6 Å². The van der Waals surface area contributed by atoms with Crippen molar-refractivity contribution in [3.8, 4) is 0 Å². The van der Waals surface area contributed by atoms with Gasteiger partial charge in [-0.25, -0.2) is 0 Å². The average Bonchev–Trinajstić information content (AvgIpc) is 2.12. The van der Waals surface area contributed by atoms with Gasteiger partial charge in [-0.05, 0) is 0 Å². The molecule has 0 aliphatic carbocycles. The maximum absolute atomic E-state index is 10.5. The molecule has 0 bridgehead atoms. The van der Waals surface area contributed by atoms with Gasteiger partial charge in [-0.15, -0.1) is 0 Å². The first-order chi connectivity index (χ1) is 6.11. The van der Waals surface area contributed by atoms with Crippen LogP contribution in [-0.2, 0) is 0 Å². The van der Waals surface area contributed by atoms with E-state index in [1.807, 2.05) is 0 Å². The molecule has 0 spiro atoms. The normalized spacial score (nSPS) is 10.5. The van der Waals surface area contributed by atoms with Crippen LogP contribution in [0.4, 0.5) is 4.79 Å². The Kier molecular flexibility index (Phi) is 7.16. The summed E-state index contributed by atoms with van der Waals surface area (Å²) in [5, 5.41) is 12.6. The van der Waals surface area contributed by atoms with Crippen molar-refractivity contribution in [1.82, 2.24) is 4.90 Å². The van der Waals surface area contributed by atoms with Crippen molar-refractivity contribution in [1.29, 1.82) is 0 Å². The summed E-state index contributed by atoms with van der Waals surface area (Å²) in [7, 11) is 1.64. The van der Waals surface area contributed by atoms with Crippen molar-refractivity contribution >= 4 is 20.7 Å². The molecule has 0 rings (SSSR count). The molecule has 0 saturated carbocycles. The molecule has 0 fully saturated rings. The predicted molar refractivity (Wildman–Crippen MR) is 56.8 cm³/mol. The van der Waals surface area contributed by atoms with Gasteiger partial charge in [-0.3, -0.25) is 0 Å². The van der Waals surface area contributed by atoms with E-state index in [0.29, 0.717) is 6.54 Å². The SMILES string of the molecule is CC[As](CC)CCCN(C)C(=O)O. The van der Waals surface area contributed by atoms with Crippen molar-refractivity contribution < 1.29 is 9.90 Å². The van der Waals surface area contributed by atoms with E-state index < -0.39 is 20.7 Å². The molecule has 0 atom stereocenters. The van der Waals surface area contributed by atoms with Crippen LogP contribution >= 0.6 is 0 Å². The molecular weight excluding hydrogens is 229 g/mol. The number of amides is 1. The Morgan fingerprint density at radius 2 is 1.92 bits per heavy atom. The number of hydrogen-bond acceptors (Lipinski definition) is 1. The molecule has 0 radical (unpaired) electrons. The van der Waals surface area contributed by atoms with Gasteiger partial charge >= 0.3 is 85.0 Å². The molecule has 13 heavy (non-hydrogen) atoms. The Morgan fingerprint density at radius 3 is 2.31 bits per heavy atom. The van der Waals surface area contributed by atoms with Crippen LogP contribution in [-0.4, -0.2) is 44.3 Å². The van der Waals surface area contributed by atoms with Gasteiger partial charge in [0.2, 0.25) is 0 Å². The van der Waals surface area contributed by atoms with Crippen molar-refractivity contribution in [2.45, 2.75) is 35.9 Å². The fourth-order valence-corrected chi connectivity index (χ4v) is 4.67. The molecule has 0 aliphatic heterocycles. The Bertz CT molecular complexity index is 149. The topological polar surface area (TPSA) is 40.5 Å². The van der Waals surface area contributed by atoms with Crippen LogP contribution in [0.25, 0.3) is 0 Å². The molecule has 78 valence electrons. The summed E-state index contributed by atoms with van der Waals surface area (Å²) in [5.41, 5.74) is 0. The van der Waals surface area contributed by atoms with Gasteiger partial charge in [0.15, 0.2) is 0 Å². The number of carbonyl (C=O) groups is 1. The van der Waals surface area contributed by atoms with Gasteiger partial charge in [-0.2, -0.15) is 0 Å². The molecule has 4 heteroatoms. The van der Waals surface area contributed by atoms with E-state index in [2.05, 4.69) is 13.8 Å². The second-order valence-electron chi connectivity index (χ2n) is 3.08. The van der Waals surface area contributed by atoms with Crippen LogP contribution in [0.2, 0.25) is 15.6 Å². The van der Waals surface area contributed by atoms with E-state index >= 15 is 0 Å². The predicted octanol–water partition coefficient (Wildman–Crippen LogP) is 2.52. The summed E-state index contributed by atoms with van der Waals surface area (Å²) in [6, 6.07) is 0. The van der Waals surface area contributed by atoms with Gasteiger partial charge < -0.3 is 0 Å². The minimum absolute atomic E-state index is 0.565. The van der Waals surface area contributed by atoms with Gasteiger partial charge in [-0.1, -0.05) is 0 Å². The Morgan fingerprint density at radius 1 is 1.38 bits per heavy atom. The van der Waals surface area contributed by atoms with E-state index in [-0.39, 0.29) is 0 Å². The number of rotatable bonds is 6. The van der Waals surface area contributed by atoms with Gasteiger partial charge in [0.05, 0.1) is 0 Å². The average molecular weight is 249 g/mol. The van der Waals surface area contributed by atoms with E-state index in [1.165, 1.54) is 20.5 Å². The molecule has 3 nitrogen and oxygen atoms in total. The molecular formula is C9H20AsNO2. The van der Waals surface area contributed by atoms with E-state index in [9.17, 15) is 4.79 Å². The van der Waals surface area contributed by atoms with Crippen molar-refractivity contribution in [2.24, 2.45) is 0 Å². The molecule has 0 aromatic rings. The van der Waals surface area contributed by atoms with Crippen LogP contribution < -0.4 is 0 Å². The van der Waals surface area contributed by atoms with Crippen LogP contribution in [0.1, 0.15) is 20.3 Å². The zero-order chi connectivity index (χ0) is 10.3. The van der Waals surface area contributed by atoms with Gasteiger partial charge in [0.25, 0.3) is 0 Å². The third kappa shape index (κ3) is 5.98. The molecule has 0 aliphatic rings. The molecule has 0 heterocycles. The monoisotopic (exact) mass is 249 g/mol. The Labute approximate surface area is 85.4 Å². The number of hydrogen-bond donors (Lipinski definition) is 1. The molecule has 1 N–H and O–H groups in total. The molecule has 0 aromatic carbocycles. The maximum atomic E-state index is 10.5. The summed E-state index contributed by atoms with van der Waals surface area (Å²) >= 11 is -0.565. The Balaban J connectivity index is 3.48. The number of nitrogens with zero attached hydrogens (tertiary/aromatic N) is 1. The van der Waals surface area contributed by atoms with Gasteiger partial charge in [0, 0.05) is 0 Å². The van der Waals surface area contributed by atoms with E-state index in [1.54, 1.807) is 7.05 Å². The molecule has 0 aromatic heterocycles. The van der Waals surface area contributed by atoms with Crippen LogP contribution in [0.3, 0.4) is 0 Å². The third-order valence-electron chi connectivity index (χ3n) is 2.19. The minimum atomic E-state index is -0.813. The summed E-state index contributed by atoms with van der Waals surface area (Å²) in [5.74, 6) is 0. The molecule has 0 saturated heterocycles. The molecule has 0 unspecified atom stereocenters. The summed E-state index contributed by atoms with van der Waals surface area (Å²) in [4.78, 5) is 11.8. The molecule has 1 amide bonds. The fraction of sp³-hybridized carbons (Fsp3) is 0.889. The summed E-state index contributed by atoms with van der Waals surface area (Å²) in [6.45, 7) is 5.20. The number of carboxylic acid groups (broad SMARTS) is 1. The quantitative estimate of drug-likeness (QED) is 0.735. The van der Waals surface area contributed by atoms with Gasteiger partial charge in [0.1, 0.15) is 0 Å². The zero-order valence-electron chi connectivity index (χ0n) is 8.79. The van der Waals surface area contributed by atoms with Crippen LogP contribution in [0.5, 0.6) is 0 Å². The first-order valence-electron chi connectivity index (χ1n) is 4.78. The standard InChI is InChI=1S/C9H20AsNO2/c1-4-10(5-2)7-6-8-11(3)9(12)13/h4-8H2,1-3H3,(H,12,13). The first-order valence-corrected chi connectivity index (χ1v) is 8.76. The van der Waals surface area contributed by atoms with Crippen LogP contribution in [0, 0.1) is 0 Å².